The van der Waals surface area contributed by atoms with Crippen molar-refractivity contribution in [3.63, 3.8) is 0 Å². The van der Waals surface area contributed by atoms with E-state index in [0.29, 0.717) is 17.0 Å². The standard InChI is InChI=1S/C26H27N3O6S/c1-3-20-9-13-22(14-10-20)29(36(32,33)24-7-5-4-6-8-24)18-25(30)28-27-17-21-11-15-23(16-12-21)35-19-26(31)34-2/h4-17H,3,18-19H2,1-2H3,(H,28,30)/b27-17-. The van der Waals surface area contributed by atoms with Gasteiger partial charge in [0.15, 0.2) is 6.61 Å². The average molecular weight is 510 g/mol. The van der Waals surface area contributed by atoms with Gasteiger partial charge < -0.3 is 9.47 Å². The van der Waals surface area contributed by atoms with Gasteiger partial charge >= 0.3 is 5.97 Å². The molecule has 36 heavy (non-hydrogen) atoms. The minimum atomic E-state index is -3.99. The first-order valence-corrected chi connectivity index (χ1v) is 12.6. The molecular formula is C26H27N3O6S. The highest BCUT2D eigenvalue weighted by Gasteiger charge is 2.27. The second-order valence-electron chi connectivity index (χ2n) is 7.57. The summed E-state index contributed by atoms with van der Waals surface area (Å²) >= 11 is 0. The predicted octanol–water partition coefficient (Wildman–Crippen LogP) is 3.15. The van der Waals surface area contributed by atoms with Gasteiger partial charge in [-0.2, -0.15) is 5.10 Å². The lowest BCUT2D eigenvalue weighted by atomic mass is 10.1. The summed E-state index contributed by atoms with van der Waals surface area (Å²) in [5.74, 6) is -0.631. The quantitative estimate of drug-likeness (QED) is 0.241. The van der Waals surface area contributed by atoms with Gasteiger partial charge in [0, 0.05) is 0 Å². The molecule has 0 fully saturated rings. The van der Waals surface area contributed by atoms with Crippen molar-refractivity contribution in [2.24, 2.45) is 5.10 Å². The third-order valence-electron chi connectivity index (χ3n) is 5.12. The average Bonchev–Trinajstić information content (AvgIpc) is 2.91. The van der Waals surface area contributed by atoms with Gasteiger partial charge in [-0.05, 0) is 66.1 Å². The fourth-order valence-electron chi connectivity index (χ4n) is 3.13. The van der Waals surface area contributed by atoms with Crippen molar-refractivity contribution >= 4 is 33.8 Å². The largest absolute Gasteiger partial charge is 0.482 e. The number of ether oxygens (including phenoxy) is 2. The Kier molecular flexibility index (Phi) is 9.18. The molecule has 0 aliphatic rings. The number of nitrogens with zero attached hydrogens (tertiary/aromatic N) is 2. The molecule has 3 aromatic rings. The second-order valence-corrected chi connectivity index (χ2v) is 9.43. The van der Waals surface area contributed by atoms with Gasteiger partial charge in [0.05, 0.1) is 23.9 Å². The van der Waals surface area contributed by atoms with Crippen LogP contribution in [-0.4, -0.2) is 46.8 Å². The number of esters is 1. The van der Waals surface area contributed by atoms with Crippen LogP contribution in [0.25, 0.3) is 0 Å². The fraction of sp³-hybridized carbons (Fsp3) is 0.192. The number of carbonyl (C=O) groups is 2. The van der Waals surface area contributed by atoms with E-state index in [4.69, 9.17) is 4.74 Å². The number of sulfonamides is 1. The molecule has 0 unspecified atom stereocenters. The molecule has 1 amide bonds. The lowest BCUT2D eigenvalue weighted by Gasteiger charge is -2.24. The number of aryl methyl sites for hydroxylation is 1. The molecule has 0 saturated carbocycles. The first-order valence-electron chi connectivity index (χ1n) is 11.1. The van der Waals surface area contributed by atoms with Crippen molar-refractivity contribution in [2.45, 2.75) is 18.2 Å². The number of benzene rings is 3. The lowest BCUT2D eigenvalue weighted by molar-refractivity contribution is -0.142. The van der Waals surface area contributed by atoms with E-state index in [0.717, 1.165) is 16.3 Å². The van der Waals surface area contributed by atoms with E-state index < -0.39 is 28.4 Å². The Morgan fingerprint density at radius 1 is 0.972 bits per heavy atom. The van der Waals surface area contributed by atoms with Crippen molar-refractivity contribution in [1.82, 2.24) is 5.43 Å². The van der Waals surface area contributed by atoms with E-state index in [1.54, 1.807) is 54.6 Å². The summed E-state index contributed by atoms with van der Waals surface area (Å²) in [5.41, 5.74) is 4.45. The minimum Gasteiger partial charge on any atom is -0.482 e. The monoisotopic (exact) mass is 509 g/mol. The topological polar surface area (TPSA) is 114 Å². The van der Waals surface area contributed by atoms with E-state index in [1.807, 2.05) is 19.1 Å². The molecule has 3 rings (SSSR count). The van der Waals surface area contributed by atoms with Crippen LogP contribution in [0.3, 0.4) is 0 Å². The van der Waals surface area contributed by atoms with Crippen LogP contribution in [0.5, 0.6) is 5.75 Å². The molecule has 1 N–H and O–H groups in total. The summed E-state index contributed by atoms with van der Waals surface area (Å²) in [6.45, 7) is 1.34. The normalized spacial score (nSPS) is 11.2. The van der Waals surface area contributed by atoms with E-state index in [2.05, 4.69) is 15.3 Å². The molecule has 0 aliphatic heterocycles. The molecule has 0 saturated heterocycles. The van der Waals surface area contributed by atoms with Gasteiger partial charge in [0.2, 0.25) is 0 Å². The number of anilines is 1. The zero-order chi connectivity index (χ0) is 26.0. The van der Waals surface area contributed by atoms with Crippen LogP contribution in [-0.2, 0) is 30.8 Å². The molecule has 3 aromatic carbocycles. The number of hydrogen-bond donors (Lipinski definition) is 1. The van der Waals surface area contributed by atoms with Crippen LogP contribution in [0.4, 0.5) is 5.69 Å². The van der Waals surface area contributed by atoms with Crippen LogP contribution in [0, 0.1) is 0 Å². The molecular weight excluding hydrogens is 482 g/mol. The number of rotatable bonds is 11. The Balaban J connectivity index is 1.70. The summed E-state index contributed by atoms with van der Waals surface area (Å²) in [6, 6.07) is 21.6. The Labute approximate surface area is 210 Å². The van der Waals surface area contributed by atoms with Crippen LogP contribution in [0.2, 0.25) is 0 Å². The summed E-state index contributed by atoms with van der Waals surface area (Å²) in [7, 11) is -2.71. The van der Waals surface area contributed by atoms with E-state index in [-0.39, 0.29) is 11.5 Å². The lowest BCUT2D eigenvalue weighted by Crippen LogP contribution is -2.39. The molecule has 10 heteroatoms. The Hall–Kier alpha value is -4.18. The van der Waals surface area contributed by atoms with Crippen LogP contribution in [0.1, 0.15) is 18.1 Å². The molecule has 0 spiro atoms. The van der Waals surface area contributed by atoms with Crippen molar-refractivity contribution in [1.29, 1.82) is 0 Å². The summed E-state index contributed by atoms with van der Waals surface area (Å²) < 4.78 is 37.5. The van der Waals surface area contributed by atoms with Crippen molar-refractivity contribution in [2.75, 3.05) is 24.6 Å². The maximum absolute atomic E-state index is 13.3. The van der Waals surface area contributed by atoms with Crippen LogP contribution in [0.15, 0.2) is 88.9 Å². The third-order valence-corrected chi connectivity index (χ3v) is 6.91. The Morgan fingerprint density at radius 3 is 2.25 bits per heavy atom. The van der Waals surface area contributed by atoms with Gasteiger partial charge in [-0.1, -0.05) is 37.3 Å². The van der Waals surface area contributed by atoms with Gasteiger partial charge in [0.25, 0.3) is 15.9 Å². The second kappa shape index (κ2) is 12.5. The van der Waals surface area contributed by atoms with Crippen molar-refractivity contribution in [3.8, 4) is 5.75 Å². The molecule has 0 radical (unpaired) electrons. The number of amides is 1. The Morgan fingerprint density at radius 2 is 1.64 bits per heavy atom. The van der Waals surface area contributed by atoms with E-state index in [9.17, 15) is 18.0 Å². The van der Waals surface area contributed by atoms with Crippen LogP contribution < -0.4 is 14.5 Å². The minimum absolute atomic E-state index is 0.0791. The van der Waals surface area contributed by atoms with E-state index >= 15 is 0 Å². The first-order chi connectivity index (χ1) is 17.3. The van der Waals surface area contributed by atoms with Crippen LogP contribution >= 0.6 is 0 Å². The van der Waals surface area contributed by atoms with Crippen molar-refractivity contribution < 1.29 is 27.5 Å². The highest BCUT2D eigenvalue weighted by molar-refractivity contribution is 7.92. The zero-order valence-corrected chi connectivity index (χ0v) is 20.8. The smallest absolute Gasteiger partial charge is 0.343 e. The first kappa shape index (κ1) is 26.4. The number of carbonyl (C=O) groups excluding carboxylic acids is 2. The SMILES string of the molecule is CCc1ccc(N(CC(=O)N/N=C\c2ccc(OCC(=O)OC)cc2)S(=O)(=O)c2ccccc2)cc1. The highest BCUT2D eigenvalue weighted by atomic mass is 32.2. The zero-order valence-electron chi connectivity index (χ0n) is 20.0. The number of hydrogen-bond acceptors (Lipinski definition) is 7. The fourth-order valence-corrected chi connectivity index (χ4v) is 4.57. The summed E-state index contributed by atoms with van der Waals surface area (Å²) in [6.07, 6.45) is 2.22. The third kappa shape index (κ3) is 7.16. The molecule has 0 aliphatic carbocycles. The number of hydrazone groups is 1. The van der Waals surface area contributed by atoms with Gasteiger partial charge in [-0.15, -0.1) is 0 Å². The molecule has 0 aromatic heterocycles. The van der Waals surface area contributed by atoms with E-state index in [1.165, 1.54) is 25.5 Å². The molecule has 0 bridgehead atoms. The number of methoxy groups -OCH3 is 1. The summed E-state index contributed by atoms with van der Waals surface area (Å²) in [5, 5.41) is 3.93. The van der Waals surface area contributed by atoms with Gasteiger partial charge in [-0.25, -0.2) is 18.6 Å². The molecule has 0 heterocycles. The molecule has 0 atom stereocenters. The number of nitrogens with one attached hydrogen (secondary N) is 1. The van der Waals surface area contributed by atoms with Gasteiger partial charge in [-0.3, -0.25) is 9.10 Å². The molecule has 9 nitrogen and oxygen atoms in total. The van der Waals surface area contributed by atoms with Crippen molar-refractivity contribution in [3.05, 3.63) is 90.0 Å². The Bertz CT molecular complexity index is 1290. The predicted molar refractivity (Wildman–Crippen MR) is 136 cm³/mol. The maximum atomic E-state index is 13.3. The molecule has 188 valence electrons. The van der Waals surface area contributed by atoms with Gasteiger partial charge in [0.1, 0.15) is 12.3 Å². The maximum Gasteiger partial charge on any atom is 0.343 e. The highest BCUT2D eigenvalue weighted by Crippen LogP contribution is 2.24. The summed E-state index contributed by atoms with van der Waals surface area (Å²) in [4.78, 5) is 23.9.